The second kappa shape index (κ2) is 3.31. The smallest absolute Gasteiger partial charge is 0.00200 e. The Labute approximate surface area is 57.3 Å². The molecular weight excluding hydrogens is 122 g/mol. The molecule has 1 nitrogen and oxygen atoms in total. The zero-order chi connectivity index (χ0) is 5.28. The number of hydrogen-bond donors (Lipinski definition) is 1. The first-order valence-corrected chi connectivity index (χ1v) is 3.01. The summed E-state index contributed by atoms with van der Waals surface area (Å²) >= 11 is 0. The molecule has 2 atom stereocenters. The van der Waals surface area contributed by atoms with Crippen molar-refractivity contribution in [2.75, 3.05) is 13.1 Å². The lowest BCUT2D eigenvalue weighted by Gasteiger charge is -2.03. The minimum Gasteiger partial charge on any atom is -0.316 e. The van der Waals surface area contributed by atoms with E-state index in [4.69, 9.17) is 0 Å². The second-order valence-electron chi connectivity index (χ2n) is 2.61. The minimum atomic E-state index is 0. The predicted octanol–water partition coefficient (Wildman–Crippen LogP) is 1.28. The molecule has 0 amide bonds. The maximum Gasteiger partial charge on any atom is -0.00200 e. The van der Waals surface area contributed by atoms with E-state index in [-0.39, 0.29) is 12.4 Å². The van der Waals surface area contributed by atoms with E-state index in [1.165, 1.54) is 13.1 Å². The van der Waals surface area contributed by atoms with E-state index in [1.54, 1.807) is 0 Å². The van der Waals surface area contributed by atoms with E-state index >= 15 is 0 Å². The van der Waals surface area contributed by atoms with Crippen LogP contribution in [-0.2, 0) is 0 Å². The second-order valence-corrected chi connectivity index (χ2v) is 2.61. The maximum absolute atomic E-state index is 3.32. The molecular formula is C6H14ClN. The fourth-order valence-corrected chi connectivity index (χ4v) is 0.941. The van der Waals surface area contributed by atoms with Gasteiger partial charge in [-0.1, -0.05) is 13.8 Å². The molecule has 0 saturated carbocycles. The van der Waals surface area contributed by atoms with Gasteiger partial charge in [0.1, 0.15) is 0 Å². The molecule has 0 aromatic rings. The van der Waals surface area contributed by atoms with Crippen LogP contribution in [0.15, 0.2) is 0 Å². The highest BCUT2D eigenvalue weighted by atomic mass is 35.5. The first-order valence-electron chi connectivity index (χ1n) is 3.01. The monoisotopic (exact) mass is 135 g/mol. The summed E-state index contributed by atoms with van der Waals surface area (Å²) in [4.78, 5) is 0. The first-order chi connectivity index (χ1) is 3.30. The van der Waals surface area contributed by atoms with E-state index in [0.29, 0.717) is 0 Å². The van der Waals surface area contributed by atoms with Gasteiger partial charge in [-0.05, 0) is 24.9 Å². The molecule has 0 spiro atoms. The summed E-state index contributed by atoms with van der Waals surface area (Å²) in [7, 11) is 0. The molecule has 0 bridgehead atoms. The number of nitrogens with one attached hydrogen (secondary N) is 1. The van der Waals surface area contributed by atoms with Crippen LogP contribution in [0, 0.1) is 11.8 Å². The van der Waals surface area contributed by atoms with E-state index in [0.717, 1.165) is 11.8 Å². The highest BCUT2D eigenvalue weighted by Gasteiger charge is 2.16. The summed E-state index contributed by atoms with van der Waals surface area (Å²) in [5, 5.41) is 3.32. The van der Waals surface area contributed by atoms with E-state index in [2.05, 4.69) is 19.2 Å². The molecule has 1 aliphatic heterocycles. The molecule has 1 aliphatic rings. The van der Waals surface area contributed by atoms with Gasteiger partial charge < -0.3 is 5.32 Å². The van der Waals surface area contributed by atoms with E-state index < -0.39 is 0 Å². The maximum atomic E-state index is 3.32. The van der Waals surface area contributed by atoms with Crippen molar-refractivity contribution >= 4 is 12.4 Å². The lowest BCUT2D eigenvalue weighted by Crippen LogP contribution is -2.06. The van der Waals surface area contributed by atoms with Crippen LogP contribution in [0.1, 0.15) is 13.8 Å². The largest absolute Gasteiger partial charge is 0.316 e. The van der Waals surface area contributed by atoms with Crippen molar-refractivity contribution in [3.05, 3.63) is 0 Å². The molecule has 1 saturated heterocycles. The number of rotatable bonds is 0. The van der Waals surface area contributed by atoms with Crippen LogP contribution in [0.2, 0.25) is 0 Å². The van der Waals surface area contributed by atoms with Crippen LogP contribution < -0.4 is 5.32 Å². The molecule has 8 heavy (non-hydrogen) atoms. The quantitative estimate of drug-likeness (QED) is 0.528. The molecule has 1 fully saturated rings. The van der Waals surface area contributed by atoms with Crippen LogP contribution in [-0.4, -0.2) is 13.1 Å². The van der Waals surface area contributed by atoms with Gasteiger partial charge in [-0.3, -0.25) is 0 Å². The molecule has 1 heterocycles. The van der Waals surface area contributed by atoms with Gasteiger partial charge in [-0.2, -0.15) is 0 Å². The van der Waals surface area contributed by atoms with Crippen LogP contribution in [0.4, 0.5) is 0 Å². The Morgan fingerprint density at radius 2 is 1.50 bits per heavy atom. The summed E-state index contributed by atoms with van der Waals surface area (Å²) < 4.78 is 0. The Balaban J connectivity index is 0.000000490. The Morgan fingerprint density at radius 3 is 1.62 bits per heavy atom. The standard InChI is InChI=1S/C6H13N.ClH/c1-5-3-7-4-6(5)2;/h5-7H,3-4H2,1-2H3;1H/t5-,6-;/m1./s1. The van der Waals surface area contributed by atoms with Gasteiger partial charge in [0.05, 0.1) is 0 Å². The molecule has 0 unspecified atom stereocenters. The van der Waals surface area contributed by atoms with Gasteiger partial charge in [0.25, 0.3) is 0 Å². The van der Waals surface area contributed by atoms with Crippen molar-refractivity contribution in [2.45, 2.75) is 13.8 Å². The first kappa shape index (κ1) is 8.25. The van der Waals surface area contributed by atoms with Gasteiger partial charge in [0.2, 0.25) is 0 Å². The Hall–Kier alpha value is 0.250. The van der Waals surface area contributed by atoms with Crippen LogP contribution in [0.25, 0.3) is 0 Å². The summed E-state index contributed by atoms with van der Waals surface area (Å²) in [6, 6.07) is 0. The molecule has 0 radical (unpaired) electrons. The fraction of sp³-hybridized carbons (Fsp3) is 1.00. The Bertz CT molecular complexity index is 57.5. The predicted molar refractivity (Wildman–Crippen MR) is 38.4 cm³/mol. The third-order valence-electron chi connectivity index (χ3n) is 1.90. The summed E-state index contributed by atoms with van der Waals surface area (Å²) in [5.74, 6) is 1.81. The average molecular weight is 136 g/mol. The van der Waals surface area contributed by atoms with Crippen molar-refractivity contribution in [1.29, 1.82) is 0 Å². The van der Waals surface area contributed by atoms with Crippen LogP contribution in [0.3, 0.4) is 0 Å². The zero-order valence-electron chi connectivity index (χ0n) is 5.48. The van der Waals surface area contributed by atoms with Gasteiger partial charge in [-0.15, -0.1) is 12.4 Å². The molecule has 0 aromatic heterocycles. The van der Waals surface area contributed by atoms with Crippen molar-refractivity contribution in [2.24, 2.45) is 11.8 Å². The Morgan fingerprint density at radius 1 is 1.12 bits per heavy atom. The zero-order valence-corrected chi connectivity index (χ0v) is 6.29. The SMILES string of the molecule is C[C@@H]1CNC[C@H]1C.Cl. The molecule has 0 aliphatic carbocycles. The minimum absolute atomic E-state index is 0. The van der Waals surface area contributed by atoms with Crippen LogP contribution >= 0.6 is 12.4 Å². The van der Waals surface area contributed by atoms with Crippen molar-refractivity contribution in [1.82, 2.24) is 5.32 Å². The van der Waals surface area contributed by atoms with E-state index in [1.807, 2.05) is 0 Å². The third-order valence-corrected chi connectivity index (χ3v) is 1.90. The number of hydrogen-bond acceptors (Lipinski definition) is 1. The van der Waals surface area contributed by atoms with E-state index in [9.17, 15) is 0 Å². The van der Waals surface area contributed by atoms with Crippen molar-refractivity contribution in [3.8, 4) is 0 Å². The van der Waals surface area contributed by atoms with Gasteiger partial charge in [-0.25, -0.2) is 0 Å². The van der Waals surface area contributed by atoms with Crippen molar-refractivity contribution in [3.63, 3.8) is 0 Å². The molecule has 50 valence electrons. The molecule has 1 N–H and O–H groups in total. The van der Waals surface area contributed by atoms with Gasteiger partial charge in [0, 0.05) is 0 Å². The number of halogens is 1. The molecule has 2 heteroatoms. The van der Waals surface area contributed by atoms with Gasteiger partial charge >= 0.3 is 0 Å². The Kier molecular flexibility index (Phi) is 3.41. The highest BCUT2D eigenvalue weighted by molar-refractivity contribution is 5.85. The normalized spacial score (nSPS) is 36.8. The lowest BCUT2D eigenvalue weighted by molar-refractivity contribution is 0.494. The molecule has 1 rings (SSSR count). The van der Waals surface area contributed by atoms with Crippen LogP contribution in [0.5, 0.6) is 0 Å². The average Bonchev–Trinajstić information content (AvgIpc) is 1.91. The highest BCUT2D eigenvalue weighted by Crippen LogP contribution is 2.13. The topological polar surface area (TPSA) is 12.0 Å². The van der Waals surface area contributed by atoms with Crippen molar-refractivity contribution < 1.29 is 0 Å². The summed E-state index contributed by atoms with van der Waals surface area (Å²) in [6.45, 7) is 7.04. The molecule has 0 aromatic carbocycles. The summed E-state index contributed by atoms with van der Waals surface area (Å²) in [5.41, 5.74) is 0. The third kappa shape index (κ3) is 1.64. The lowest BCUT2D eigenvalue weighted by atomic mass is 10.0. The fourth-order valence-electron chi connectivity index (χ4n) is 0.941. The summed E-state index contributed by atoms with van der Waals surface area (Å²) in [6.07, 6.45) is 0. The van der Waals surface area contributed by atoms with Gasteiger partial charge in [0.15, 0.2) is 0 Å².